The molecule has 1 fully saturated rings. The maximum absolute atomic E-state index is 13.4. The van der Waals surface area contributed by atoms with Gasteiger partial charge in [-0.1, -0.05) is 30.3 Å². The number of β-amino-alcohol motifs (C(OH)–C–C–N with tert-alkyl or cyclic N) is 1. The van der Waals surface area contributed by atoms with Gasteiger partial charge >= 0.3 is 0 Å². The Morgan fingerprint density at radius 1 is 1.32 bits per heavy atom. The molecule has 2 aliphatic rings. The standard InChI is InChI=1S/C26H28N4O3S/c1-29(26(33)10-17-5-6-19-12-25(32)28-22(19)9-17)24(14-30-8-7-21(31)13-30)20-4-2-3-18(11-20)23-15-34-16-27-23/h2-6,9,11,15-16,21,24,31H,7-8,10,12-14H2,1H3,(H,28,32)/t21?,24-/m1/s1. The first-order valence-corrected chi connectivity index (χ1v) is 12.5. The maximum Gasteiger partial charge on any atom is 0.228 e. The lowest BCUT2D eigenvalue weighted by Crippen LogP contribution is -2.39. The van der Waals surface area contributed by atoms with Gasteiger partial charge in [0, 0.05) is 43.3 Å². The van der Waals surface area contributed by atoms with Gasteiger partial charge in [0.05, 0.1) is 36.2 Å². The van der Waals surface area contributed by atoms with Gasteiger partial charge < -0.3 is 15.3 Å². The highest BCUT2D eigenvalue weighted by molar-refractivity contribution is 7.07. The highest BCUT2D eigenvalue weighted by Gasteiger charge is 2.29. The van der Waals surface area contributed by atoms with E-state index in [2.05, 4.69) is 27.3 Å². The Balaban J connectivity index is 1.38. The molecule has 0 bridgehead atoms. The molecule has 2 N–H and O–H groups in total. The first-order chi connectivity index (χ1) is 16.5. The molecule has 0 saturated carbocycles. The molecule has 0 aliphatic carbocycles. The fourth-order valence-electron chi connectivity index (χ4n) is 4.78. The number of amides is 2. The number of aliphatic hydroxyl groups excluding tert-OH is 1. The van der Waals surface area contributed by atoms with Gasteiger partial charge in [0.2, 0.25) is 11.8 Å². The minimum absolute atomic E-state index is 0.00748. The minimum atomic E-state index is -0.315. The number of carbonyl (C=O) groups excluding carboxylic acids is 2. The number of anilines is 1. The number of nitrogens with one attached hydrogen (secondary N) is 1. The van der Waals surface area contributed by atoms with Crippen LogP contribution in [-0.4, -0.2) is 64.5 Å². The van der Waals surface area contributed by atoms with Gasteiger partial charge in [-0.05, 0) is 35.2 Å². The van der Waals surface area contributed by atoms with Crippen LogP contribution in [0.1, 0.15) is 29.2 Å². The molecular weight excluding hydrogens is 448 g/mol. The van der Waals surface area contributed by atoms with Crippen molar-refractivity contribution in [3.63, 3.8) is 0 Å². The molecule has 176 valence electrons. The zero-order chi connectivity index (χ0) is 23.7. The molecular formula is C26H28N4O3S. The van der Waals surface area contributed by atoms with Crippen LogP contribution < -0.4 is 5.32 Å². The van der Waals surface area contributed by atoms with Crippen molar-refractivity contribution in [2.45, 2.75) is 31.4 Å². The molecule has 2 amide bonds. The number of rotatable bonds is 7. The SMILES string of the molecule is CN(C(=O)Cc1ccc2c(c1)NC(=O)C2)[C@H](CN1CCC(O)C1)c1cccc(-c2cscn2)c1. The molecule has 2 atom stereocenters. The number of nitrogens with zero attached hydrogens (tertiary/aromatic N) is 3. The monoisotopic (exact) mass is 476 g/mol. The number of hydrogen-bond acceptors (Lipinski definition) is 6. The summed E-state index contributed by atoms with van der Waals surface area (Å²) in [6, 6.07) is 13.8. The number of aliphatic hydroxyl groups is 1. The first kappa shape index (κ1) is 22.7. The van der Waals surface area contributed by atoms with Crippen LogP contribution in [0.3, 0.4) is 0 Å². The molecule has 7 nitrogen and oxygen atoms in total. The molecule has 1 unspecified atom stereocenters. The Hall–Kier alpha value is -3.07. The van der Waals surface area contributed by atoms with Gasteiger partial charge in [0.25, 0.3) is 0 Å². The van der Waals surface area contributed by atoms with Gasteiger partial charge in [0.15, 0.2) is 0 Å². The number of thiazole rings is 1. The number of aromatic nitrogens is 1. The van der Waals surface area contributed by atoms with Crippen LogP contribution in [0.15, 0.2) is 53.4 Å². The van der Waals surface area contributed by atoms with Crippen molar-refractivity contribution in [3.05, 3.63) is 70.0 Å². The topological polar surface area (TPSA) is 85.8 Å². The van der Waals surface area contributed by atoms with Gasteiger partial charge in [-0.3, -0.25) is 14.5 Å². The van der Waals surface area contributed by atoms with Crippen molar-refractivity contribution in [2.75, 3.05) is 32.0 Å². The van der Waals surface area contributed by atoms with Gasteiger partial charge in [-0.25, -0.2) is 4.98 Å². The zero-order valence-corrected chi connectivity index (χ0v) is 19.9. The third-order valence-electron chi connectivity index (χ3n) is 6.69. The average molecular weight is 477 g/mol. The van der Waals surface area contributed by atoms with Crippen LogP contribution in [0.4, 0.5) is 5.69 Å². The maximum atomic E-state index is 13.4. The van der Waals surface area contributed by atoms with E-state index in [0.29, 0.717) is 19.5 Å². The number of likely N-dealkylation sites (N-methyl/N-ethyl adjacent to an activating group) is 1. The van der Waals surface area contributed by atoms with Crippen LogP contribution in [0, 0.1) is 0 Å². The first-order valence-electron chi connectivity index (χ1n) is 11.5. The quantitative estimate of drug-likeness (QED) is 0.547. The molecule has 8 heteroatoms. The summed E-state index contributed by atoms with van der Waals surface area (Å²) in [4.78, 5) is 33.6. The van der Waals surface area contributed by atoms with Crippen LogP contribution in [0.5, 0.6) is 0 Å². The Morgan fingerprint density at radius 2 is 2.21 bits per heavy atom. The lowest BCUT2D eigenvalue weighted by atomic mass is 10.00. The molecule has 3 aromatic rings. The predicted molar refractivity (Wildman–Crippen MR) is 133 cm³/mol. The van der Waals surface area contributed by atoms with Gasteiger partial charge in [-0.15, -0.1) is 11.3 Å². The molecule has 1 aromatic heterocycles. The molecule has 34 heavy (non-hydrogen) atoms. The summed E-state index contributed by atoms with van der Waals surface area (Å²) in [6.07, 6.45) is 1.08. The van der Waals surface area contributed by atoms with Crippen molar-refractivity contribution in [2.24, 2.45) is 0 Å². The normalized spacial score (nSPS) is 18.5. The average Bonchev–Trinajstić information content (AvgIpc) is 3.57. The van der Waals surface area contributed by atoms with E-state index in [0.717, 1.165) is 46.6 Å². The Kier molecular flexibility index (Phi) is 6.45. The summed E-state index contributed by atoms with van der Waals surface area (Å²) < 4.78 is 0. The van der Waals surface area contributed by atoms with Crippen molar-refractivity contribution < 1.29 is 14.7 Å². The van der Waals surface area contributed by atoms with Crippen molar-refractivity contribution in [1.82, 2.24) is 14.8 Å². The van der Waals surface area contributed by atoms with E-state index in [1.807, 2.05) is 53.2 Å². The largest absolute Gasteiger partial charge is 0.392 e. The number of benzene rings is 2. The smallest absolute Gasteiger partial charge is 0.228 e. The summed E-state index contributed by atoms with van der Waals surface area (Å²) in [6.45, 7) is 2.09. The van der Waals surface area contributed by atoms with E-state index in [1.165, 1.54) is 0 Å². The van der Waals surface area contributed by atoms with Crippen molar-refractivity contribution in [1.29, 1.82) is 0 Å². The van der Waals surface area contributed by atoms with Crippen molar-refractivity contribution >= 4 is 28.8 Å². The summed E-state index contributed by atoms with van der Waals surface area (Å²) in [5, 5.41) is 14.9. The van der Waals surface area contributed by atoms with Crippen LogP contribution >= 0.6 is 11.3 Å². The molecule has 2 aliphatic heterocycles. The number of likely N-dealkylation sites (tertiary alicyclic amines) is 1. The number of fused-ring (bicyclic) bond motifs is 1. The molecule has 0 spiro atoms. The Labute approximate surface area is 203 Å². The molecule has 5 rings (SSSR count). The number of hydrogen-bond donors (Lipinski definition) is 2. The Bertz CT molecular complexity index is 1200. The third kappa shape index (κ3) is 4.89. The highest BCUT2D eigenvalue weighted by atomic mass is 32.1. The van der Waals surface area contributed by atoms with Gasteiger partial charge in [-0.2, -0.15) is 0 Å². The van der Waals surface area contributed by atoms with E-state index in [1.54, 1.807) is 11.3 Å². The fraction of sp³-hybridized carbons (Fsp3) is 0.346. The van der Waals surface area contributed by atoms with Crippen molar-refractivity contribution in [3.8, 4) is 11.3 Å². The van der Waals surface area contributed by atoms with Gasteiger partial charge in [0.1, 0.15) is 0 Å². The van der Waals surface area contributed by atoms with Crippen LogP contribution in [-0.2, 0) is 22.4 Å². The minimum Gasteiger partial charge on any atom is -0.392 e. The summed E-state index contributed by atoms with van der Waals surface area (Å²) in [7, 11) is 1.85. The van der Waals surface area contributed by atoms with E-state index in [4.69, 9.17) is 0 Å². The van der Waals surface area contributed by atoms with Crippen LogP contribution in [0.25, 0.3) is 11.3 Å². The third-order valence-corrected chi connectivity index (χ3v) is 7.28. The second-order valence-corrected chi connectivity index (χ2v) is 9.83. The molecule has 0 radical (unpaired) electrons. The predicted octanol–water partition coefficient (Wildman–Crippen LogP) is 3.11. The molecule has 3 heterocycles. The summed E-state index contributed by atoms with van der Waals surface area (Å²) >= 11 is 1.56. The van der Waals surface area contributed by atoms with E-state index in [9.17, 15) is 14.7 Å². The lowest BCUT2D eigenvalue weighted by molar-refractivity contribution is -0.131. The van der Waals surface area contributed by atoms with Crippen LogP contribution in [0.2, 0.25) is 0 Å². The second-order valence-electron chi connectivity index (χ2n) is 9.11. The Morgan fingerprint density at radius 3 is 2.97 bits per heavy atom. The fourth-order valence-corrected chi connectivity index (χ4v) is 5.34. The number of carbonyl (C=O) groups is 2. The summed E-state index contributed by atoms with van der Waals surface area (Å²) in [5.74, 6) is -0.00321. The summed E-state index contributed by atoms with van der Waals surface area (Å²) in [5.41, 5.74) is 7.47. The molecule has 1 saturated heterocycles. The lowest BCUT2D eigenvalue weighted by Gasteiger charge is -2.32. The highest BCUT2D eigenvalue weighted by Crippen LogP contribution is 2.29. The van der Waals surface area contributed by atoms with E-state index in [-0.39, 0.29) is 30.4 Å². The van der Waals surface area contributed by atoms with E-state index < -0.39 is 0 Å². The second kappa shape index (κ2) is 9.66. The zero-order valence-electron chi connectivity index (χ0n) is 19.1. The van der Waals surface area contributed by atoms with E-state index >= 15 is 0 Å². The molecule has 2 aromatic carbocycles.